The lowest BCUT2D eigenvalue weighted by molar-refractivity contribution is -0.165. The van der Waals surface area contributed by atoms with Gasteiger partial charge in [0.05, 0.1) is 0 Å². The van der Waals surface area contributed by atoms with Crippen molar-refractivity contribution in [2.24, 2.45) is 5.41 Å². The van der Waals surface area contributed by atoms with Crippen LogP contribution in [0.1, 0.15) is 47.4 Å². The predicted octanol–water partition coefficient (Wildman–Crippen LogP) is 2.85. The van der Waals surface area contributed by atoms with Gasteiger partial charge in [-0.3, -0.25) is 28.8 Å². The van der Waals surface area contributed by atoms with Gasteiger partial charge < -0.3 is 0 Å². The van der Waals surface area contributed by atoms with Crippen molar-refractivity contribution < 1.29 is 28.8 Å². The van der Waals surface area contributed by atoms with Gasteiger partial charge >= 0.3 is 11.8 Å². The van der Waals surface area contributed by atoms with E-state index in [1.807, 2.05) is 0 Å². The van der Waals surface area contributed by atoms with Crippen molar-refractivity contribution in [2.45, 2.75) is 26.7 Å². The van der Waals surface area contributed by atoms with Gasteiger partial charge in [0.25, 0.3) is 23.4 Å². The van der Waals surface area contributed by atoms with Crippen molar-refractivity contribution in [3.63, 3.8) is 0 Å². The Bertz CT molecular complexity index is 1140. The number of ketones is 2. The number of rotatable bonds is 6. The second kappa shape index (κ2) is 8.84. The quantitative estimate of drug-likeness (QED) is 0.377. The molecule has 0 aromatic heterocycles. The molecule has 0 bridgehead atoms. The van der Waals surface area contributed by atoms with E-state index >= 15 is 0 Å². The molecule has 0 N–H and O–H groups in total. The lowest BCUT2D eigenvalue weighted by Crippen LogP contribution is -2.52. The lowest BCUT2D eigenvalue weighted by Gasteiger charge is -2.22. The fourth-order valence-electron chi connectivity index (χ4n) is 3.56. The van der Waals surface area contributed by atoms with E-state index in [1.54, 1.807) is 19.9 Å². The zero-order chi connectivity index (χ0) is 23.6. The molecule has 9 heteroatoms. The van der Waals surface area contributed by atoms with E-state index < -0.39 is 40.6 Å². The Balaban J connectivity index is 2.07. The van der Waals surface area contributed by atoms with Gasteiger partial charge in [-0.15, -0.1) is 0 Å². The van der Waals surface area contributed by atoms with Gasteiger partial charge in [0, 0.05) is 16.1 Å². The van der Waals surface area contributed by atoms with Gasteiger partial charge in [0.15, 0.2) is 0 Å². The Morgan fingerprint density at radius 1 is 0.750 bits per heavy atom. The normalized spacial score (nSPS) is 15.1. The first kappa shape index (κ1) is 23.0. The van der Waals surface area contributed by atoms with Gasteiger partial charge in [0.2, 0.25) is 0 Å². The first-order valence-electron chi connectivity index (χ1n) is 9.86. The number of Topliss-reactive ketones (excluding diaryl/α,β-unsaturated/α-hetero) is 2. The summed E-state index contributed by atoms with van der Waals surface area (Å²) in [6.07, 6.45) is -0.0563. The number of nitrogens with zero attached hydrogens (tertiary/aromatic N) is 2. The van der Waals surface area contributed by atoms with Crippen LogP contribution in [-0.4, -0.2) is 45.2 Å². The number of hydrazine groups is 1. The summed E-state index contributed by atoms with van der Waals surface area (Å²) in [6, 6.07) is 12.8. The molecule has 1 fully saturated rings. The van der Waals surface area contributed by atoms with Crippen molar-refractivity contribution >= 4 is 46.8 Å². The summed E-state index contributed by atoms with van der Waals surface area (Å²) in [5, 5.41) is 0.577. The molecule has 1 aliphatic heterocycles. The van der Waals surface area contributed by atoms with Crippen molar-refractivity contribution in [1.82, 2.24) is 10.0 Å². The van der Waals surface area contributed by atoms with E-state index in [1.165, 1.54) is 48.5 Å². The molecular formula is C23H19ClN2O6. The van der Waals surface area contributed by atoms with E-state index in [0.717, 1.165) is 0 Å². The summed E-state index contributed by atoms with van der Waals surface area (Å²) in [6.45, 7) is 3.10. The molecule has 0 aliphatic carbocycles. The molecule has 1 aliphatic rings. The van der Waals surface area contributed by atoms with Gasteiger partial charge in [-0.25, -0.2) is 0 Å². The van der Waals surface area contributed by atoms with Crippen molar-refractivity contribution in [1.29, 1.82) is 0 Å². The summed E-state index contributed by atoms with van der Waals surface area (Å²) in [5.74, 6) is -7.12. The van der Waals surface area contributed by atoms with Gasteiger partial charge in [-0.1, -0.05) is 67.9 Å². The number of carbonyl (C=O) groups excluding carboxylic acids is 6. The Morgan fingerprint density at radius 2 is 1.22 bits per heavy atom. The van der Waals surface area contributed by atoms with Crippen LogP contribution < -0.4 is 0 Å². The Kier molecular flexibility index (Phi) is 6.36. The minimum absolute atomic E-state index is 0.0282. The highest BCUT2D eigenvalue weighted by Gasteiger charge is 2.61. The number of carbonyl (C=O) groups is 6. The highest BCUT2D eigenvalue weighted by molar-refractivity contribution is 6.50. The molecule has 3 rings (SSSR count). The molecule has 32 heavy (non-hydrogen) atoms. The smallest absolute Gasteiger partial charge is 0.283 e. The first-order chi connectivity index (χ1) is 15.2. The number of hydrogen-bond acceptors (Lipinski definition) is 6. The number of benzene rings is 2. The lowest BCUT2D eigenvalue weighted by atomic mass is 9.81. The summed E-state index contributed by atoms with van der Waals surface area (Å²) in [4.78, 5) is 78.0. The summed E-state index contributed by atoms with van der Waals surface area (Å²) in [7, 11) is 0. The molecule has 2 aromatic rings. The maximum atomic E-state index is 13.2. The topological polar surface area (TPSA) is 109 Å². The predicted molar refractivity (Wildman–Crippen MR) is 113 cm³/mol. The van der Waals surface area contributed by atoms with Crippen LogP contribution in [0.3, 0.4) is 0 Å². The molecule has 0 saturated carbocycles. The number of amides is 4. The minimum Gasteiger partial charge on any atom is -0.283 e. The fourth-order valence-corrected chi connectivity index (χ4v) is 3.75. The largest absolute Gasteiger partial charge is 0.321 e. The highest BCUT2D eigenvalue weighted by Crippen LogP contribution is 2.39. The maximum Gasteiger partial charge on any atom is 0.321 e. The standard InChI is InChI=1S/C23H19ClN2O6/c1-3-23(4-2)21(31)25(19(29)17(27)14-9-6-5-7-10-14)26(22(23)32)20(30)18(28)15-11-8-12-16(24)13-15/h5-13H,3-4H2,1-2H3. The van der Waals surface area contributed by atoms with Crippen LogP contribution >= 0.6 is 11.6 Å². The van der Waals surface area contributed by atoms with Crippen LogP contribution in [0.25, 0.3) is 0 Å². The average Bonchev–Trinajstić information content (AvgIpc) is 3.04. The van der Waals surface area contributed by atoms with Crippen LogP contribution in [0.2, 0.25) is 5.02 Å². The zero-order valence-electron chi connectivity index (χ0n) is 17.3. The van der Waals surface area contributed by atoms with E-state index in [-0.39, 0.29) is 39.0 Å². The van der Waals surface area contributed by atoms with Crippen molar-refractivity contribution in [3.05, 3.63) is 70.7 Å². The molecule has 2 aromatic carbocycles. The third-order valence-electron chi connectivity index (χ3n) is 5.51. The number of imide groups is 2. The van der Waals surface area contributed by atoms with Crippen LogP contribution in [0.4, 0.5) is 0 Å². The van der Waals surface area contributed by atoms with E-state index in [4.69, 9.17) is 11.6 Å². The number of halogens is 1. The van der Waals surface area contributed by atoms with Crippen LogP contribution in [0.15, 0.2) is 54.6 Å². The number of hydrogen-bond donors (Lipinski definition) is 0. The Hall–Kier alpha value is -3.65. The third-order valence-corrected chi connectivity index (χ3v) is 5.74. The molecule has 1 heterocycles. The van der Waals surface area contributed by atoms with Crippen LogP contribution in [0.5, 0.6) is 0 Å². The molecule has 164 valence electrons. The molecule has 1 saturated heterocycles. The Morgan fingerprint density at radius 3 is 1.69 bits per heavy atom. The fraction of sp³-hybridized carbons (Fsp3) is 0.217. The van der Waals surface area contributed by atoms with Crippen molar-refractivity contribution in [2.75, 3.05) is 0 Å². The van der Waals surface area contributed by atoms with Gasteiger partial charge in [0.1, 0.15) is 5.41 Å². The Labute approximate surface area is 188 Å². The molecule has 4 amide bonds. The van der Waals surface area contributed by atoms with E-state index in [2.05, 4.69) is 0 Å². The molecular weight excluding hydrogens is 436 g/mol. The monoisotopic (exact) mass is 454 g/mol. The maximum absolute atomic E-state index is 13.2. The van der Waals surface area contributed by atoms with E-state index in [9.17, 15) is 28.8 Å². The van der Waals surface area contributed by atoms with E-state index in [0.29, 0.717) is 0 Å². The summed E-state index contributed by atoms with van der Waals surface area (Å²) >= 11 is 5.88. The molecule has 0 radical (unpaired) electrons. The van der Waals surface area contributed by atoms with Gasteiger partial charge in [-0.2, -0.15) is 10.0 Å². The highest BCUT2D eigenvalue weighted by atomic mass is 35.5. The SMILES string of the molecule is CCC1(CC)C(=O)N(C(=O)C(=O)c2ccccc2)N(C(=O)C(=O)c2cccc(Cl)c2)C1=O. The van der Waals surface area contributed by atoms with Gasteiger partial charge in [-0.05, 0) is 25.0 Å². The summed E-state index contributed by atoms with van der Waals surface area (Å²) in [5.41, 5.74) is -1.90. The molecule has 8 nitrogen and oxygen atoms in total. The second-order valence-corrected chi connectivity index (χ2v) is 7.60. The first-order valence-corrected chi connectivity index (χ1v) is 10.2. The van der Waals surface area contributed by atoms with Crippen molar-refractivity contribution in [3.8, 4) is 0 Å². The second-order valence-electron chi connectivity index (χ2n) is 7.17. The zero-order valence-corrected chi connectivity index (χ0v) is 18.1. The molecule has 0 unspecified atom stereocenters. The molecule has 0 atom stereocenters. The minimum atomic E-state index is -1.74. The third kappa shape index (κ3) is 3.62. The summed E-state index contributed by atoms with van der Waals surface area (Å²) < 4.78 is 0. The average molecular weight is 455 g/mol. The van der Waals surface area contributed by atoms with Crippen LogP contribution in [0, 0.1) is 5.41 Å². The molecule has 0 spiro atoms. The van der Waals surface area contributed by atoms with Crippen LogP contribution in [-0.2, 0) is 19.2 Å².